The molecule has 1 amide bonds. The summed E-state index contributed by atoms with van der Waals surface area (Å²) in [5.74, 6) is -0.183. The van der Waals surface area contributed by atoms with E-state index in [-0.39, 0.29) is 10.8 Å². The van der Waals surface area contributed by atoms with Gasteiger partial charge in [-0.25, -0.2) is 8.42 Å². The maximum atomic E-state index is 12.4. The molecule has 0 spiro atoms. The highest BCUT2D eigenvalue weighted by Gasteiger charge is 2.28. The van der Waals surface area contributed by atoms with Gasteiger partial charge < -0.3 is 10.6 Å². The lowest BCUT2D eigenvalue weighted by atomic mass is 10.2. The second-order valence-corrected chi connectivity index (χ2v) is 7.03. The van der Waals surface area contributed by atoms with Gasteiger partial charge in [-0.05, 0) is 44.4 Å². The summed E-state index contributed by atoms with van der Waals surface area (Å²) in [5, 5.41) is 0. The fourth-order valence-electron chi connectivity index (χ4n) is 2.48. The van der Waals surface area contributed by atoms with Crippen LogP contribution < -0.4 is 10.5 Å². The smallest absolute Gasteiger partial charge is 0.241 e. The van der Waals surface area contributed by atoms with E-state index in [4.69, 9.17) is 5.73 Å². The maximum Gasteiger partial charge on any atom is 0.241 e. The molecule has 1 fully saturated rings. The van der Waals surface area contributed by atoms with Gasteiger partial charge in [-0.1, -0.05) is 6.07 Å². The molecule has 1 aromatic rings. The van der Waals surface area contributed by atoms with Crippen molar-refractivity contribution in [1.82, 2.24) is 9.62 Å². The van der Waals surface area contributed by atoms with Crippen molar-refractivity contribution < 1.29 is 13.2 Å². The number of hydrogen-bond acceptors (Lipinski definition) is 4. The molecule has 0 saturated carbocycles. The van der Waals surface area contributed by atoms with E-state index in [0.717, 1.165) is 12.8 Å². The maximum absolute atomic E-state index is 12.4. The third kappa shape index (κ3) is 3.36. The number of benzene rings is 1. The van der Waals surface area contributed by atoms with E-state index in [0.29, 0.717) is 24.3 Å². The first-order valence-electron chi connectivity index (χ1n) is 6.99. The van der Waals surface area contributed by atoms with Gasteiger partial charge in [0.15, 0.2) is 0 Å². The zero-order valence-electron chi connectivity index (χ0n) is 12.3. The minimum absolute atomic E-state index is 0.114. The first kappa shape index (κ1) is 15.8. The molecule has 7 heteroatoms. The molecule has 0 aromatic heterocycles. The monoisotopic (exact) mass is 311 g/mol. The summed E-state index contributed by atoms with van der Waals surface area (Å²) in [5.41, 5.74) is 6.64. The molecule has 1 aliphatic rings. The summed E-state index contributed by atoms with van der Waals surface area (Å²) < 4.78 is 27.2. The van der Waals surface area contributed by atoms with Crippen LogP contribution in [-0.2, 0) is 14.8 Å². The van der Waals surface area contributed by atoms with Crippen LogP contribution in [-0.4, -0.2) is 38.4 Å². The van der Waals surface area contributed by atoms with Gasteiger partial charge in [-0.3, -0.25) is 4.79 Å². The molecule has 1 unspecified atom stereocenters. The second kappa shape index (κ2) is 6.03. The Bertz CT molecular complexity index is 637. The number of nitrogens with two attached hydrogens (primary N) is 1. The normalized spacial score (nSPS) is 17.0. The molecule has 2 rings (SSSR count). The molecule has 116 valence electrons. The number of amides is 1. The summed E-state index contributed by atoms with van der Waals surface area (Å²) >= 11 is 0. The molecule has 0 bridgehead atoms. The van der Waals surface area contributed by atoms with Crippen LogP contribution in [0.3, 0.4) is 0 Å². The van der Waals surface area contributed by atoms with E-state index in [1.807, 2.05) is 0 Å². The zero-order valence-corrected chi connectivity index (χ0v) is 13.1. The number of anilines is 1. The summed E-state index contributed by atoms with van der Waals surface area (Å²) in [4.78, 5) is 14.0. The Morgan fingerprint density at radius 3 is 2.57 bits per heavy atom. The van der Waals surface area contributed by atoms with E-state index >= 15 is 0 Å². The molecular formula is C14H21N3O3S. The fourth-order valence-corrected chi connectivity index (χ4v) is 3.95. The predicted octanol–water partition coefficient (Wildman–Crippen LogP) is 0.866. The van der Waals surface area contributed by atoms with Crippen molar-refractivity contribution in [2.75, 3.05) is 18.8 Å². The van der Waals surface area contributed by atoms with E-state index < -0.39 is 16.1 Å². The fraction of sp³-hybridized carbons (Fsp3) is 0.500. The molecule has 6 nitrogen and oxygen atoms in total. The van der Waals surface area contributed by atoms with Gasteiger partial charge in [0.1, 0.15) is 0 Å². The molecule has 21 heavy (non-hydrogen) atoms. The lowest BCUT2D eigenvalue weighted by Crippen LogP contribution is -2.45. The van der Waals surface area contributed by atoms with Gasteiger partial charge in [-0.15, -0.1) is 0 Å². The van der Waals surface area contributed by atoms with Crippen molar-refractivity contribution in [3.05, 3.63) is 23.8 Å². The Balaban J connectivity index is 2.17. The van der Waals surface area contributed by atoms with Crippen molar-refractivity contribution in [2.45, 2.75) is 37.6 Å². The van der Waals surface area contributed by atoms with Crippen LogP contribution in [0.4, 0.5) is 5.69 Å². The van der Waals surface area contributed by atoms with E-state index in [1.54, 1.807) is 30.9 Å². The predicted molar refractivity (Wildman–Crippen MR) is 81.2 cm³/mol. The minimum Gasteiger partial charge on any atom is -0.398 e. The number of carbonyl (C=O) groups is 1. The van der Waals surface area contributed by atoms with Gasteiger partial charge >= 0.3 is 0 Å². The van der Waals surface area contributed by atoms with Gasteiger partial charge in [0.25, 0.3) is 0 Å². The molecule has 1 saturated heterocycles. The highest BCUT2D eigenvalue weighted by atomic mass is 32.2. The molecular weight excluding hydrogens is 290 g/mol. The van der Waals surface area contributed by atoms with E-state index in [1.165, 1.54) is 6.07 Å². The zero-order chi connectivity index (χ0) is 15.6. The van der Waals surface area contributed by atoms with Crippen molar-refractivity contribution in [2.24, 2.45) is 0 Å². The summed E-state index contributed by atoms with van der Waals surface area (Å²) in [6.45, 7) is 4.61. The lowest BCUT2D eigenvalue weighted by Gasteiger charge is -2.21. The van der Waals surface area contributed by atoms with Crippen molar-refractivity contribution in [1.29, 1.82) is 0 Å². The average molecular weight is 311 g/mol. The number of nitrogen functional groups attached to an aromatic ring is 1. The van der Waals surface area contributed by atoms with Crippen LogP contribution in [0.15, 0.2) is 23.1 Å². The average Bonchev–Trinajstić information content (AvgIpc) is 2.94. The van der Waals surface area contributed by atoms with Crippen LogP contribution >= 0.6 is 0 Å². The number of likely N-dealkylation sites (tertiary alicyclic amines) is 1. The van der Waals surface area contributed by atoms with Crippen LogP contribution in [0.5, 0.6) is 0 Å². The largest absolute Gasteiger partial charge is 0.398 e. The summed E-state index contributed by atoms with van der Waals surface area (Å²) in [6, 6.07) is 3.94. The Morgan fingerprint density at radius 2 is 1.95 bits per heavy atom. The van der Waals surface area contributed by atoms with Gasteiger partial charge in [0.2, 0.25) is 15.9 Å². The Kier molecular flexibility index (Phi) is 4.53. The number of hydrogen-bond donors (Lipinski definition) is 2. The van der Waals surface area contributed by atoms with Gasteiger partial charge in [-0.2, -0.15) is 4.72 Å². The Labute approximate surface area is 125 Å². The first-order chi connectivity index (χ1) is 9.83. The topological polar surface area (TPSA) is 92.5 Å². The van der Waals surface area contributed by atoms with E-state index in [9.17, 15) is 13.2 Å². The number of carbonyl (C=O) groups excluding carboxylic acids is 1. The highest BCUT2D eigenvalue weighted by Crippen LogP contribution is 2.20. The van der Waals surface area contributed by atoms with Crippen LogP contribution in [0.25, 0.3) is 0 Å². The van der Waals surface area contributed by atoms with Crippen molar-refractivity contribution >= 4 is 21.6 Å². The highest BCUT2D eigenvalue weighted by molar-refractivity contribution is 7.89. The molecule has 1 heterocycles. The molecule has 0 aliphatic carbocycles. The molecule has 1 atom stereocenters. The third-order valence-electron chi connectivity index (χ3n) is 3.74. The molecule has 3 N–H and O–H groups in total. The Morgan fingerprint density at radius 1 is 1.33 bits per heavy atom. The van der Waals surface area contributed by atoms with Crippen LogP contribution in [0.2, 0.25) is 0 Å². The SMILES string of the molecule is Cc1c(N)cccc1S(=O)(=O)NC(C)C(=O)N1CCCC1. The Hall–Kier alpha value is -1.60. The second-order valence-electron chi connectivity index (χ2n) is 5.35. The quantitative estimate of drug-likeness (QED) is 0.807. The lowest BCUT2D eigenvalue weighted by molar-refractivity contribution is -0.131. The minimum atomic E-state index is -3.76. The number of nitrogens with one attached hydrogen (secondary N) is 1. The third-order valence-corrected chi connectivity index (χ3v) is 5.42. The standard InChI is InChI=1S/C14H21N3O3S/c1-10-12(15)6-5-7-13(10)21(19,20)16-11(2)14(18)17-8-3-4-9-17/h5-7,11,16H,3-4,8-9,15H2,1-2H3. The number of sulfonamides is 1. The van der Waals surface area contributed by atoms with Crippen molar-refractivity contribution in [3.8, 4) is 0 Å². The summed E-state index contributed by atoms with van der Waals surface area (Å²) in [7, 11) is -3.76. The van der Waals surface area contributed by atoms with Gasteiger partial charge in [0.05, 0.1) is 10.9 Å². The van der Waals surface area contributed by atoms with Crippen LogP contribution in [0, 0.1) is 6.92 Å². The van der Waals surface area contributed by atoms with E-state index in [2.05, 4.69) is 4.72 Å². The first-order valence-corrected chi connectivity index (χ1v) is 8.47. The van der Waals surface area contributed by atoms with Crippen molar-refractivity contribution in [3.63, 3.8) is 0 Å². The summed E-state index contributed by atoms with van der Waals surface area (Å²) in [6.07, 6.45) is 1.94. The molecule has 0 radical (unpaired) electrons. The number of nitrogens with zero attached hydrogens (tertiary/aromatic N) is 1. The molecule has 1 aliphatic heterocycles. The van der Waals surface area contributed by atoms with Crippen LogP contribution in [0.1, 0.15) is 25.3 Å². The molecule has 1 aromatic carbocycles. The van der Waals surface area contributed by atoms with Gasteiger partial charge in [0, 0.05) is 18.8 Å². The number of rotatable bonds is 4.